The summed E-state index contributed by atoms with van der Waals surface area (Å²) in [4.78, 5) is 0. The van der Waals surface area contributed by atoms with Crippen molar-refractivity contribution in [2.45, 2.75) is 53.0 Å². The summed E-state index contributed by atoms with van der Waals surface area (Å²) in [6.07, 6.45) is 2.66. The number of nitrogens with one attached hydrogen (secondary N) is 1. The molecule has 0 aromatic carbocycles. The molecule has 19 heavy (non-hydrogen) atoms. The molecule has 0 bridgehead atoms. The zero-order chi connectivity index (χ0) is 14.7. The Morgan fingerprint density at radius 1 is 1.26 bits per heavy atom. The molecule has 1 N–H and O–H groups in total. The summed E-state index contributed by atoms with van der Waals surface area (Å²) in [6.45, 7) is 9.80. The highest BCUT2D eigenvalue weighted by Gasteiger charge is 2.30. The van der Waals surface area contributed by atoms with E-state index >= 15 is 0 Å². The second kappa shape index (κ2) is 6.55. The minimum atomic E-state index is -3.06. The first-order chi connectivity index (χ1) is 8.65. The predicted octanol–water partition coefficient (Wildman–Crippen LogP) is 2.07. The van der Waals surface area contributed by atoms with Crippen LogP contribution in [0.2, 0.25) is 0 Å². The van der Waals surface area contributed by atoms with Gasteiger partial charge in [0.2, 0.25) is 10.0 Å². The maximum absolute atomic E-state index is 12.3. The number of sulfonamides is 1. The summed E-state index contributed by atoms with van der Waals surface area (Å²) in [5.41, 5.74) is 0.0754. The zero-order valence-corrected chi connectivity index (χ0v) is 13.9. The third-order valence-corrected chi connectivity index (χ3v) is 6.04. The van der Waals surface area contributed by atoms with Crippen molar-refractivity contribution in [3.05, 3.63) is 0 Å². The third-order valence-electron chi connectivity index (χ3n) is 4.16. The van der Waals surface area contributed by atoms with E-state index in [0.717, 1.165) is 19.3 Å². The molecule has 1 saturated heterocycles. The van der Waals surface area contributed by atoms with Gasteiger partial charge in [-0.3, -0.25) is 0 Å². The summed E-state index contributed by atoms with van der Waals surface area (Å²) in [5, 5.41) is 3.27. The smallest absolute Gasteiger partial charge is 0.214 e. The van der Waals surface area contributed by atoms with Crippen molar-refractivity contribution in [3.63, 3.8) is 0 Å². The van der Waals surface area contributed by atoms with Crippen LogP contribution in [0.3, 0.4) is 0 Å². The molecule has 0 aliphatic carbocycles. The molecule has 0 aromatic heterocycles. The van der Waals surface area contributed by atoms with Crippen molar-refractivity contribution in [2.75, 3.05) is 25.9 Å². The van der Waals surface area contributed by atoms with Crippen LogP contribution in [0, 0.1) is 11.3 Å². The number of rotatable bonds is 5. The minimum absolute atomic E-state index is 0.0754. The molecule has 0 saturated carbocycles. The predicted molar refractivity (Wildman–Crippen MR) is 80.7 cm³/mol. The van der Waals surface area contributed by atoms with Crippen LogP contribution in [-0.2, 0) is 10.0 Å². The topological polar surface area (TPSA) is 49.4 Å². The van der Waals surface area contributed by atoms with Crippen LogP contribution in [0.15, 0.2) is 0 Å². The SMILES string of the molecule is CNC(C)C1CCN(S(=O)(=O)CCC(C)(C)C)CC1. The highest BCUT2D eigenvalue weighted by molar-refractivity contribution is 7.89. The van der Waals surface area contributed by atoms with Crippen molar-refractivity contribution in [3.8, 4) is 0 Å². The molecule has 1 aliphatic heterocycles. The van der Waals surface area contributed by atoms with Crippen LogP contribution in [0.1, 0.15) is 47.0 Å². The summed E-state index contributed by atoms with van der Waals surface area (Å²) < 4.78 is 26.3. The van der Waals surface area contributed by atoms with Gasteiger partial charge in [-0.25, -0.2) is 12.7 Å². The van der Waals surface area contributed by atoms with Gasteiger partial charge >= 0.3 is 0 Å². The molecule has 1 fully saturated rings. The molecule has 0 spiro atoms. The quantitative estimate of drug-likeness (QED) is 0.843. The van der Waals surface area contributed by atoms with Gasteiger partial charge in [-0.05, 0) is 44.6 Å². The summed E-state index contributed by atoms with van der Waals surface area (Å²) >= 11 is 0. The van der Waals surface area contributed by atoms with E-state index in [1.54, 1.807) is 4.31 Å². The van der Waals surface area contributed by atoms with Crippen molar-refractivity contribution >= 4 is 10.0 Å². The van der Waals surface area contributed by atoms with Gasteiger partial charge in [-0.15, -0.1) is 0 Å². The average molecular weight is 290 g/mol. The van der Waals surface area contributed by atoms with Crippen LogP contribution in [-0.4, -0.2) is 44.7 Å². The lowest BCUT2D eigenvalue weighted by molar-refractivity contribution is 0.235. The average Bonchev–Trinajstić information content (AvgIpc) is 2.35. The van der Waals surface area contributed by atoms with Crippen LogP contribution < -0.4 is 5.32 Å². The van der Waals surface area contributed by atoms with Crippen molar-refractivity contribution < 1.29 is 8.42 Å². The number of hydrogen-bond donors (Lipinski definition) is 1. The third kappa shape index (κ3) is 5.40. The monoisotopic (exact) mass is 290 g/mol. The Balaban J connectivity index is 2.50. The van der Waals surface area contributed by atoms with Crippen LogP contribution in [0.25, 0.3) is 0 Å². The molecular weight excluding hydrogens is 260 g/mol. The van der Waals surface area contributed by atoms with Crippen LogP contribution in [0.4, 0.5) is 0 Å². The molecule has 1 unspecified atom stereocenters. The Hall–Kier alpha value is -0.130. The Morgan fingerprint density at radius 2 is 1.79 bits per heavy atom. The maximum Gasteiger partial charge on any atom is 0.214 e. The fourth-order valence-electron chi connectivity index (χ4n) is 2.45. The van der Waals surface area contributed by atoms with Gasteiger partial charge in [0.1, 0.15) is 0 Å². The molecule has 1 atom stereocenters. The van der Waals surface area contributed by atoms with Crippen molar-refractivity contribution in [1.29, 1.82) is 0 Å². The van der Waals surface area contributed by atoms with E-state index in [4.69, 9.17) is 0 Å². The first-order valence-corrected chi connectivity index (χ1v) is 8.92. The minimum Gasteiger partial charge on any atom is -0.317 e. The number of piperidine rings is 1. The van der Waals surface area contributed by atoms with Crippen molar-refractivity contribution in [1.82, 2.24) is 9.62 Å². The molecular formula is C14H30N2O2S. The highest BCUT2D eigenvalue weighted by atomic mass is 32.2. The van der Waals surface area contributed by atoms with Gasteiger partial charge in [0, 0.05) is 19.1 Å². The normalized spacial score (nSPS) is 21.5. The lowest BCUT2D eigenvalue weighted by atomic mass is 9.91. The van der Waals surface area contributed by atoms with Crippen LogP contribution >= 0.6 is 0 Å². The molecule has 0 aromatic rings. The molecule has 1 rings (SSSR count). The second-order valence-electron chi connectivity index (χ2n) is 6.94. The lowest BCUT2D eigenvalue weighted by Gasteiger charge is -2.34. The van der Waals surface area contributed by atoms with E-state index in [2.05, 4.69) is 33.0 Å². The highest BCUT2D eigenvalue weighted by Crippen LogP contribution is 2.25. The van der Waals surface area contributed by atoms with E-state index in [1.807, 2.05) is 7.05 Å². The summed E-state index contributed by atoms with van der Waals surface area (Å²) in [7, 11) is -1.09. The molecule has 1 aliphatic rings. The fraction of sp³-hybridized carbons (Fsp3) is 1.00. The van der Waals surface area contributed by atoms with Crippen molar-refractivity contribution in [2.24, 2.45) is 11.3 Å². The van der Waals surface area contributed by atoms with E-state index in [1.165, 1.54) is 0 Å². The second-order valence-corrected chi connectivity index (χ2v) is 9.03. The molecule has 0 amide bonds. The molecule has 114 valence electrons. The molecule has 0 radical (unpaired) electrons. The van der Waals surface area contributed by atoms with Gasteiger partial charge in [-0.1, -0.05) is 20.8 Å². The van der Waals surface area contributed by atoms with Gasteiger partial charge in [-0.2, -0.15) is 0 Å². The Bertz CT molecular complexity index is 365. The van der Waals surface area contributed by atoms with Crippen LogP contribution in [0.5, 0.6) is 0 Å². The molecule has 4 nitrogen and oxygen atoms in total. The zero-order valence-electron chi connectivity index (χ0n) is 13.1. The first-order valence-electron chi connectivity index (χ1n) is 7.31. The molecule has 5 heteroatoms. The Labute approximate surface area is 119 Å². The van der Waals surface area contributed by atoms with Gasteiger partial charge < -0.3 is 5.32 Å². The molecule has 1 heterocycles. The summed E-state index contributed by atoms with van der Waals surface area (Å²) in [6, 6.07) is 0.472. The largest absolute Gasteiger partial charge is 0.317 e. The van der Waals surface area contributed by atoms with E-state index < -0.39 is 10.0 Å². The Morgan fingerprint density at radius 3 is 2.21 bits per heavy atom. The van der Waals surface area contributed by atoms with E-state index in [9.17, 15) is 8.42 Å². The first kappa shape index (κ1) is 16.9. The van der Waals surface area contributed by atoms with Gasteiger partial charge in [0.15, 0.2) is 0 Å². The Kier molecular flexibility index (Phi) is 5.83. The number of nitrogens with zero attached hydrogens (tertiary/aromatic N) is 1. The van der Waals surface area contributed by atoms with E-state index in [-0.39, 0.29) is 11.2 Å². The van der Waals surface area contributed by atoms with Gasteiger partial charge in [0.05, 0.1) is 5.75 Å². The van der Waals surface area contributed by atoms with E-state index in [0.29, 0.717) is 25.0 Å². The lowest BCUT2D eigenvalue weighted by Crippen LogP contribution is -2.44. The van der Waals surface area contributed by atoms with Gasteiger partial charge in [0.25, 0.3) is 0 Å². The summed E-state index contributed by atoms with van der Waals surface area (Å²) in [5.74, 6) is 0.877. The maximum atomic E-state index is 12.3. The number of hydrogen-bond acceptors (Lipinski definition) is 3. The standard InChI is InChI=1S/C14H30N2O2S/c1-12(15-5)13-6-9-16(10-7-13)19(17,18)11-8-14(2,3)4/h12-13,15H,6-11H2,1-5H3. The fourth-order valence-corrected chi connectivity index (χ4v) is 4.35.